The first-order valence-electron chi connectivity index (χ1n) is 5.90. The van der Waals surface area contributed by atoms with Crippen molar-refractivity contribution >= 4 is 9.84 Å². The molecular weight excluding hydrogens is 240 g/mol. The van der Waals surface area contributed by atoms with Gasteiger partial charge in [-0.3, -0.25) is 0 Å². The van der Waals surface area contributed by atoms with E-state index in [4.69, 9.17) is 4.42 Å². The summed E-state index contributed by atoms with van der Waals surface area (Å²) in [7, 11) is -0.946. The van der Waals surface area contributed by atoms with E-state index < -0.39 is 9.84 Å². The van der Waals surface area contributed by atoms with Gasteiger partial charge in [0.25, 0.3) is 0 Å². The summed E-state index contributed by atoms with van der Waals surface area (Å²) in [5.74, 6) is 1.92. The predicted octanol–water partition coefficient (Wildman–Crippen LogP) is 0.729. The Labute approximate surface area is 102 Å². The normalized spacial score (nSPS) is 23.0. The van der Waals surface area contributed by atoms with Crippen LogP contribution in [0.3, 0.4) is 0 Å². The highest BCUT2D eigenvalue weighted by Gasteiger charge is 2.31. The number of aromatic nitrogens is 1. The van der Waals surface area contributed by atoms with Gasteiger partial charge in [-0.1, -0.05) is 0 Å². The van der Waals surface area contributed by atoms with Crippen LogP contribution in [0.25, 0.3) is 0 Å². The summed E-state index contributed by atoms with van der Waals surface area (Å²) in [6.45, 7) is 0.926. The Bertz CT molecular complexity index is 467. The third kappa shape index (κ3) is 3.29. The minimum Gasteiger partial charge on any atom is -0.445 e. The van der Waals surface area contributed by atoms with E-state index in [1.807, 2.05) is 7.05 Å². The molecular formula is C11H18N2O3S. The third-order valence-electron chi connectivity index (χ3n) is 3.02. The van der Waals surface area contributed by atoms with E-state index in [0.717, 1.165) is 25.1 Å². The topological polar surface area (TPSA) is 72.2 Å². The highest BCUT2D eigenvalue weighted by Crippen LogP contribution is 2.29. The van der Waals surface area contributed by atoms with Crippen molar-refractivity contribution in [1.82, 2.24) is 10.3 Å². The van der Waals surface area contributed by atoms with Gasteiger partial charge < -0.3 is 9.73 Å². The second-order valence-corrected chi connectivity index (χ2v) is 6.69. The Hall–Kier alpha value is -0.880. The van der Waals surface area contributed by atoms with Crippen LogP contribution in [0.2, 0.25) is 0 Å². The average molecular weight is 258 g/mol. The van der Waals surface area contributed by atoms with Crippen molar-refractivity contribution in [2.45, 2.75) is 25.2 Å². The molecule has 1 aromatic heterocycles. The minimum absolute atomic E-state index is 0.00514. The van der Waals surface area contributed by atoms with Crippen LogP contribution < -0.4 is 5.32 Å². The Morgan fingerprint density at radius 1 is 1.59 bits per heavy atom. The van der Waals surface area contributed by atoms with Crippen molar-refractivity contribution in [3.8, 4) is 0 Å². The zero-order chi connectivity index (χ0) is 12.3. The van der Waals surface area contributed by atoms with E-state index in [2.05, 4.69) is 10.3 Å². The van der Waals surface area contributed by atoms with Gasteiger partial charge in [-0.2, -0.15) is 0 Å². The Morgan fingerprint density at radius 2 is 2.41 bits per heavy atom. The quantitative estimate of drug-likeness (QED) is 0.788. The standard InChI is InChI=1S/C11H18N2O3S/c1-12-5-2-3-11-13-7-10(16-11)9-4-6-17(14,15)8-9/h7,9,12H,2-6,8H2,1H3. The maximum atomic E-state index is 11.4. The van der Waals surface area contributed by atoms with Crippen molar-refractivity contribution in [1.29, 1.82) is 0 Å². The monoisotopic (exact) mass is 258 g/mol. The molecule has 5 nitrogen and oxygen atoms in total. The van der Waals surface area contributed by atoms with Gasteiger partial charge in [0, 0.05) is 12.3 Å². The van der Waals surface area contributed by atoms with Gasteiger partial charge in [0.2, 0.25) is 0 Å². The van der Waals surface area contributed by atoms with Gasteiger partial charge >= 0.3 is 0 Å². The summed E-state index contributed by atoms with van der Waals surface area (Å²) in [6, 6.07) is 0. The molecule has 0 saturated carbocycles. The summed E-state index contributed by atoms with van der Waals surface area (Å²) < 4.78 is 28.3. The molecule has 1 aromatic rings. The molecule has 1 saturated heterocycles. The van der Waals surface area contributed by atoms with Crippen molar-refractivity contribution in [3.05, 3.63) is 17.8 Å². The summed E-state index contributed by atoms with van der Waals surface area (Å²) in [5, 5.41) is 3.06. The van der Waals surface area contributed by atoms with E-state index in [9.17, 15) is 8.42 Å². The molecule has 1 N–H and O–H groups in total. The molecule has 1 atom stereocenters. The van der Waals surface area contributed by atoms with E-state index in [1.165, 1.54) is 0 Å². The fourth-order valence-electron chi connectivity index (χ4n) is 2.06. The lowest BCUT2D eigenvalue weighted by molar-refractivity contribution is 0.427. The van der Waals surface area contributed by atoms with E-state index in [-0.39, 0.29) is 17.4 Å². The Kier molecular flexibility index (Phi) is 3.83. The predicted molar refractivity (Wildman–Crippen MR) is 64.8 cm³/mol. The molecule has 2 rings (SSSR count). The zero-order valence-corrected chi connectivity index (χ0v) is 10.8. The summed E-state index contributed by atoms with van der Waals surface area (Å²) in [4.78, 5) is 4.19. The van der Waals surface area contributed by atoms with E-state index in [0.29, 0.717) is 12.3 Å². The molecule has 0 aliphatic carbocycles. The number of nitrogens with zero attached hydrogens (tertiary/aromatic N) is 1. The highest BCUT2D eigenvalue weighted by atomic mass is 32.2. The van der Waals surface area contributed by atoms with Crippen LogP contribution in [-0.2, 0) is 16.3 Å². The fraction of sp³-hybridized carbons (Fsp3) is 0.727. The number of sulfone groups is 1. The lowest BCUT2D eigenvalue weighted by Gasteiger charge is -2.01. The fourth-order valence-corrected chi connectivity index (χ4v) is 3.82. The molecule has 1 fully saturated rings. The van der Waals surface area contributed by atoms with Crippen LogP contribution in [-0.4, -0.2) is 38.5 Å². The van der Waals surface area contributed by atoms with Crippen molar-refractivity contribution in [3.63, 3.8) is 0 Å². The number of nitrogens with one attached hydrogen (secondary N) is 1. The van der Waals surface area contributed by atoms with Crippen LogP contribution >= 0.6 is 0 Å². The number of oxazole rings is 1. The van der Waals surface area contributed by atoms with Crippen LogP contribution in [0.1, 0.15) is 30.4 Å². The Morgan fingerprint density at radius 3 is 3.06 bits per heavy atom. The van der Waals surface area contributed by atoms with Crippen LogP contribution in [0.5, 0.6) is 0 Å². The largest absolute Gasteiger partial charge is 0.445 e. The maximum absolute atomic E-state index is 11.4. The highest BCUT2D eigenvalue weighted by molar-refractivity contribution is 7.91. The molecule has 0 bridgehead atoms. The van der Waals surface area contributed by atoms with Gasteiger partial charge in [-0.05, 0) is 26.4 Å². The molecule has 6 heteroatoms. The van der Waals surface area contributed by atoms with Crippen molar-refractivity contribution < 1.29 is 12.8 Å². The molecule has 0 aromatic carbocycles. The number of hydrogen-bond acceptors (Lipinski definition) is 5. The van der Waals surface area contributed by atoms with Gasteiger partial charge in [0.15, 0.2) is 15.7 Å². The zero-order valence-electron chi connectivity index (χ0n) is 9.98. The van der Waals surface area contributed by atoms with Crippen LogP contribution in [0, 0.1) is 0 Å². The Balaban J connectivity index is 1.94. The molecule has 17 heavy (non-hydrogen) atoms. The lowest BCUT2D eigenvalue weighted by atomic mass is 10.1. The second-order valence-electron chi connectivity index (χ2n) is 4.46. The third-order valence-corrected chi connectivity index (χ3v) is 4.79. The van der Waals surface area contributed by atoms with Crippen LogP contribution in [0.15, 0.2) is 10.6 Å². The molecule has 1 unspecified atom stereocenters. The van der Waals surface area contributed by atoms with E-state index >= 15 is 0 Å². The SMILES string of the molecule is CNCCCc1ncc(C2CCS(=O)(=O)C2)o1. The van der Waals surface area contributed by atoms with Gasteiger partial charge in [-0.15, -0.1) is 0 Å². The summed E-state index contributed by atoms with van der Waals surface area (Å²) in [6.07, 6.45) is 4.10. The summed E-state index contributed by atoms with van der Waals surface area (Å²) >= 11 is 0. The average Bonchev–Trinajstić information content (AvgIpc) is 2.85. The first kappa shape index (κ1) is 12.6. The van der Waals surface area contributed by atoms with Gasteiger partial charge in [0.1, 0.15) is 5.76 Å². The molecule has 1 aliphatic rings. The molecule has 96 valence electrons. The molecule has 2 heterocycles. The number of aryl methyl sites for hydroxylation is 1. The van der Waals surface area contributed by atoms with Gasteiger partial charge in [0.05, 0.1) is 17.7 Å². The number of hydrogen-bond donors (Lipinski definition) is 1. The molecule has 0 radical (unpaired) electrons. The van der Waals surface area contributed by atoms with Crippen molar-refractivity contribution in [2.24, 2.45) is 0 Å². The lowest BCUT2D eigenvalue weighted by Crippen LogP contribution is -2.08. The number of rotatable bonds is 5. The first-order valence-corrected chi connectivity index (χ1v) is 7.72. The smallest absolute Gasteiger partial charge is 0.194 e. The van der Waals surface area contributed by atoms with Crippen molar-refractivity contribution in [2.75, 3.05) is 25.1 Å². The van der Waals surface area contributed by atoms with E-state index in [1.54, 1.807) is 6.20 Å². The maximum Gasteiger partial charge on any atom is 0.194 e. The minimum atomic E-state index is -2.85. The van der Waals surface area contributed by atoms with Crippen LogP contribution in [0.4, 0.5) is 0 Å². The first-order chi connectivity index (χ1) is 8.11. The molecule has 0 amide bonds. The second kappa shape index (κ2) is 5.18. The van der Waals surface area contributed by atoms with Gasteiger partial charge in [-0.25, -0.2) is 13.4 Å². The summed E-state index contributed by atoms with van der Waals surface area (Å²) in [5.41, 5.74) is 0. The molecule has 1 aliphatic heterocycles. The molecule has 0 spiro atoms.